The lowest BCUT2D eigenvalue weighted by molar-refractivity contribution is 0.797. The van der Waals surface area contributed by atoms with Crippen molar-refractivity contribution in [3.8, 4) is 0 Å². The molecule has 1 heterocycles. The van der Waals surface area contributed by atoms with E-state index in [0.717, 1.165) is 23.2 Å². The van der Waals surface area contributed by atoms with Crippen molar-refractivity contribution in [3.05, 3.63) is 11.9 Å². The Hall–Kier alpha value is -0.770. The molecular formula is C11H19N3S. The van der Waals surface area contributed by atoms with Crippen LogP contribution in [0, 0.1) is 6.92 Å². The molecule has 84 valence electrons. The third-order valence-corrected chi connectivity index (χ3v) is 2.61. The molecule has 0 spiro atoms. The van der Waals surface area contributed by atoms with Crippen molar-refractivity contribution in [2.24, 2.45) is 0 Å². The molecule has 0 aliphatic carbocycles. The summed E-state index contributed by atoms with van der Waals surface area (Å²) in [7, 11) is 0. The molecule has 0 unspecified atom stereocenters. The van der Waals surface area contributed by atoms with E-state index >= 15 is 0 Å². The topological polar surface area (TPSA) is 37.8 Å². The standard InChI is InChI=1S/C11H19N3S/c1-6-12-9-7-10(14-8(2)13-9)15-11(3,4)5/h7H,6H2,1-5H3,(H,12,13,14). The molecule has 0 amide bonds. The number of nitrogens with zero attached hydrogens (tertiary/aromatic N) is 2. The highest BCUT2D eigenvalue weighted by Gasteiger charge is 2.14. The largest absolute Gasteiger partial charge is 0.370 e. The minimum absolute atomic E-state index is 0.185. The molecule has 0 saturated carbocycles. The van der Waals surface area contributed by atoms with Crippen molar-refractivity contribution in [1.82, 2.24) is 9.97 Å². The quantitative estimate of drug-likeness (QED) is 0.633. The van der Waals surface area contributed by atoms with Crippen LogP contribution in [-0.4, -0.2) is 21.3 Å². The first-order chi connectivity index (χ1) is 6.90. The third kappa shape index (κ3) is 4.51. The van der Waals surface area contributed by atoms with Crippen LogP contribution in [0.4, 0.5) is 5.82 Å². The van der Waals surface area contributed by atoms with Crippen LogP contribution < -0.4 is 5.32 Å². The molecule has 15 heavy (non-hydrogen) atoms. The average Bonchev–Trinajstić information content (AvgIpc) is 1.99. The monoisotopic (exact) mass is 225 g/mol. The summed E-state index contributed by atoms with van der Waals surface area (Å²) in [4.78, 5) is 8.73. The van der Waals surface area contributed by atoms with Gasteiger partial charge < -0.3 is 5.32 Å². The van der Waals surface area contributed by atoms with Crippen LogP contribution in [0.15, 0.2) is 11.1 Å². The molecule has 0 aromatic carbocycles. The number of aromatic nitrogens is 2. The molecule has 1 aromatic rings. The first kappa shape index (κ1) is 12.3. The molecule has 1 N–H and O–H groups in total. The molecule has 0 saturated heterocycles. The first-order valence-corrected chi connectivity index (χ1v) is 6.01. The highest BCUT2D eigenvalue weighted by atomic mass is 32.2. The van der Waals surface area contributed by atoms with Crippen molar-refractivity contribution in [1.29, 1.82) is 0 Å². The predicted molar refractivity (Wildman–Crippen MR) is 66.5 cm³/mol. The lowest BCUT2D eigenvalue weighted by atomic mass is 10.3. The zero-order chi connectivity index (χ0) is 11.5. The maximum atomic E-state index is 4.41. The Morgan fingerprint density at radius 2 is 2.00 bits per heavy atom. The van der Waals surface area contributed by atoms with Crippen LogP contribution in [0.5, 0.6) is 0 Å². The Morgan fingerprint density at radius 1 is 1.33 bits per heavy atom. The molecule has 1 rings (SSSR count). The van der Waals surface area contributed by atoms with Crippen LogP contribution in [-0.2, 0) is 0 Å². The number of nitrogens with one attached hydrogen (secondary N) is 1. The summed E-state index contributed by atoms with van der Waals surface area (Å²) in [6.07, 6.45) is 0. The molecule has 0 radical (unpaired) electrons. The van der Waals surface area contributed by atoms with Crippen molar-refractivity contribution in [2.75, 3.05) is 11.9 Å². The summed E-state index contributed by atoms with van der Waals surface area (Å²) in [5.74, 6) is 1.73. The Bertz CT molecular complexity index is 331. The van der Waals surface area contributed by atoms with Crippen molar-refractivity contribution >= 4 is 17.6 Å². The number of hydrogen-bond donors (Lipinski definition) is 1. The molecule has 0 bridgehead atoms. The molecule has 0 atom stereocenters. The molecule has 1 aromatic heterocycles. The maximum Gasteiger partial charge on any atom is 0.130 e. The molecule has 0 aliphatic rings. The number of thioether (sulfide) groups is 1. The van der Waals surface area contributed by atoms with E-state index in [-0.39, 0.29) is 4.75 Å². The SMILES string of the molecule is CCNc1cc(SC(C)(C)C)nc(C)n1. The summed E-state index contributed by atoms with van der Waals surface area (Å²) >= 11 is 1.76. The normalized spacial score (nSPS) is 11.5. The third-order valence-electron chi connectivity index (χ3n) is 1.58. The van der Waals surface area contributed by atoms with Gasteiger partial charge in [-0.25, -0.2) is 9.97 Å². The second-order valence-corrected chi connectivity index (χ2v) is 6.23. The fraction of sp³-hybridized carbons (Fsp3) is 0.636. The zero-order valence-electron chi connectivity index (χ0n) is 10.1. The maximum absolute atomic E-state index is 4.41. The lowest BCUT2D eigenvalue weighted by Crippen LogP contribution is -2.09. The molecular weight excluding hydrogens is 206 g/mol. The minimum Gasteiger partial charge on any atom is -0.370 e. The van der Waals surface area contributed by atoms with Gasteiger partial charge in [-0.2, -0.15) is 0 Å². The summed E-state index contributed by atoms with van der Waals surface area (Å²) < 4.78 is 0.185. The second kappa shape index (κ2) is 4.84. The highest BCUT2D eigenvalue weighted by molar-refractivity contribution is 8.00. The Morgan fingerprint density at radius 3 is 2.53 bits per heavy atom. The number of aryl methyl sites for hydroxylation is 1. The van der Waals surface area contributed by atoms with Gasteiger partial charge >= 0.3 is 0 Å². The van der Waals surface area contributed by atoms with Gasteiger partial charge in [0.05, 0.1) is 0 Å². The lowest BCUT2D eigenvalue weighted by Gasteiger charge is -2.17. The van der Waals surface area contributed by atoms with Gasteiger partial charge in [0.25, 0.3) is 0 Å². The van der Waals surface area contributed by atoms with Gasteiger partial charge in [0.15, 0.2) is 0 Å². The van der Waals surface area contributed by atoms with Crippen LogP contribution in [0.2, 0.25) is 0 Å². The van der Waals surface area contributed by atoms with Crippen molar-refractivity contribution in [2.45, 2.75) is 44.4 Å². The van der Waals surface area contributed by atoms with Gasteiger partial charge in [0.2, 0.25) is 0 Å². The van der Waals surface area contributed by atoms with Gasteiger partial charge in [-0.1, -0.05) is 20.8 Å². The number of rotatable bonds is 3. The predicted octanol–water partition coefficient (Wildman–Crippen LogP) is 3.11. The average molecular weight is 225 g/mol. The van der Waals surface area contributed by atoms with E-state index in [1.54, 1.807) is 11.8 Å². The van der Waals surface area contributed by atoms with Gasteiger partial charge in [0.1, 0.15) is 16.7 Å². The Labute approximate surface area is 96.1 Å². The van der Waals surface area contributed by atoms with E-state index in [9.17, 15) is 0 Å². The summed E-state index contributed by atoms with van der Waals surface area (Å²) in [6.45, 7) is 11.4. The van der Waals surface area contributed by atoms with Gasteiger partial charge in [-0.05, 0) is 13.8 Å². The highest BCUT2D eigenvalue weighted by Crippen LogP contribution is 2.31. The van der Waals surface area contributed by atoms with Crippen molar-refractivity contribution < 1.29 is 0 Å². The van der Waals surface area contributed by atoms with E-state index in [0.29, 0.717) is 0 Å². The zero-order valence-corrected chi connectivity index (χ0v) is 10.9. The van der Waals surface area contributed by atoms with E-state index < -0.39 is 0 Å². The van der Waals surface area contributed by atoms with Gasteiger partial charge in [-0.15, -0.1) is 11.8 Å². The molecule has 4 heteroatoms. The Kier molecular flexibility index (Phi) is 3.97. The van der Waals surface area contributed by atoms with Crippen LogP contribution in [0.3, 0.4) is 0 Å². The van der Waals surface area contributed by atoms with E-state index in [1.165, 1.54) is 0 Å². The second-order valence-electron chi connectivity index (χ2n) is 4.38. The smallest absolute Gasteiger partial charge is 0.130 e. The fourth-order valence-corrected chi connectivity index (χ4v) is 2.15. The van der Waals surface area contributed by atoms with E-state index in [1.807, 2.05) is 13.0 Å². The summed E-state index contributed by atoms with van der Waals surface area (Å²) in [5, 5.41) is 4.24. The van der Waals surface area contributed by atoms with Crippen LogP contribution >= 0.6 is 11.8 Å². The molecule has 3 nitrogen and oxygen atoms in total. The fourth-order valence-electron chi connectivity index (χ4n) is 1.18. The van der Waals surface area contributed by atoms with Crippen LogP contribution in [0.1, 0.15) is 33.5 Å². The van der Waals surface area contributed by atoms with E-state index in [4.69, 9.17) is 0 Å². The molecule has 0 fully saturated rings. The van der Waals surface area contributed by atoms with E-state index in [2.05, 4.69) is 43.0 Å². The van der Waals surface area contributed by atoms with Gasteiger partial charge in [-0.3, -0.25) is 0 Å². The van der Waals surface area contributed by atoms with Gasteiger partial charge in [0, 0.05) is 17.4 Å². The summed E-state index contributed by atoms with van der Waals surface area (Å²) in [6, 6.07) is 2.01. The number of anilines is 1. The minimum atomic E-state index is 0.185. The first-order valence-electron chi connectivity index (χ1n) is 5.19. The van der Waals surface area contributed by atoms with Crippen LogP contribution in [0.25, 0.3) is 0 Å². The Balaban J connectivity index is 2.88. The summed E-state index contributed by atoms with van der Waals surface area (Å²) in [5.41, 5.74) is 0. The number of hydrogen-bond acceptors (Lipinski definition) is 4. The molecule has 0 aliphatic heterocycles. The van der Waals surface area contributed by atoms with Crippen molar-refractivity contribution in [3.63, 3.8) is 0 Å².